The number of nitrogens with zero attached hydrogens (tertiary/aromatic N) is 5. The molecule has 1 saturated heterocycles. The largest absolute Gasteiger partial charge is 0.368 e. The van der Waals surface area contributed by atoms with Gasteiger partial charge in [-0.3, -0.25) is 14.7 Å². The normalized spacial score (nSPS) is 14.3. The fraction of sp³-hybridized carbons (Fsp3) is 0.280. The molecule has 0 atom stereocenters. The van der Waals surface area contributed by atoms with E-state index < -0.39 is 0 Å². The van der Waals surface area contributed by atoms with E-state index in [1.165, 1.54) is 6.20 Å². The Morgan fingerprint density at radius 2 is 1.82 bits per heavy atom. The zero-order valence-electron chi connectivity index (χ0n) is 19.2. The summed E-state index contributed by atoms with van der Waals surface area (Å²) in [5.41, 5.74) is 9.56. The second-order valence-electron chi connectivity index (χ2n) is 8.28. The minimum atomic E-state index is -0.283. The maximum absolute atomic E-state index is 12.8. The summed E-state index contributed by atoms with van der Waals surface area (Å²) in [6.07, 6.45) is 4.63. The van der Waals surface area contributed by atoms with E-state index in [9.17, 15) is 4.79 Å². The molecule has 8 nitrogen and oxygen atoms in total. The van der Waals surface area contributed by atoms with Crippen LogP contribution in [0, 0.1) is 18.8 Å². The summed E-state index contributed by atoms with van der Waals surface area (Å²) in [5, 5.41) is 3.53. The summed E-state index contributed by atoms with van der Waals surface area (Å²) in [7, 11) is 2.13. The van der Waals surface area contributed by atoms with Gasteiger partial charge >= 0.3 is 0 Å². The van der Waals surface area contributed by atoms with Crippen LogP contribution in [0.15, 0.2) is 42.9 Å². The molecule has 1 aromatic carbocycles. The van der Waals surface area contributed by atoms with Gasteiger partial charge in [0.05, 0.1) is 16.8 Å². The lowest BCUT2D eigenvalue weighted by Crippen LogP contribution is -2.43. The van der Waals surface area contributed by atoms with Crippen molar-refractivity contribution in [1.29, 1.82) is 0 Å². The number of amides is 1. The Balaban J connectivity index is 1.44. The smallest absolute Gasteiger partial charge is 0.257 e. The van der Waals surface area contributed by atoms with E-state index in [1.807, 2.05) is 19.1 Å². The number of carbonyl (C=O) groups is 1. The first kappa shape index (κ1) is 23.6. The molecule has 2 aromatic heterocycles. The third-order valence-electron chi connectivity index (χ3n) is 5.66. The number of nitrogens with one attached hydrogen (secondary N) is 1. The molecule has 0 unspecified atom stereocenters. The van der Waals surface area contributed by atoms with Crippen LogP contribution in [-0.2, 0) is 6.54 Å². The van der Waals surface area contributed by atoms with E-state index in [-0.39, 0.29) is 11.9 Å². The lowest BCUT2D eigenvalue weighted by molar-refractivity contribution is 0.102. The van der Waals surface area contributed by atoms with Gasteiger partial charge in [-0.15, -0.1) is 0 Å². The van der Waals surface area contributed by atoms with Crippen LogP contribution in [0.1, 0.15) is 32.7 Å². The summed E-state index contributed by atoms with van der Waals surface area (Å²) < 4.78 is 0. The van der Waals surface area contributed by atoms with Crippen LogP contribution in [0.25, 0.3) is 0 Å². The number of anilines is 2. The Morgan fingerprint density at radius 3 is 2.53 bits per heavy atom. The number of nitrogens with two attached hydrogens (primary N) is 1. The summed E-state index contributed by atoms with van der Waals surface area (Å²) in [6.45, 7) is 6.77. The Morgan fingerprint density at radius 1 is 1.09 bits per heavy atom. The van der Waals surface area contributed by atoms with Crippen LogP contribution in [0.5, 0.6) is 0 Å². The van der Waals surface area contributed by atoms with E-state index in [0.29, 0.717) is 27.4 Å². The monoisotopic (exact) mass is 475 g/mol. The molecule has 0 bridgehead atoms. The average Bonchev–Trinajstić information content (AvgIpc) is 2.82. The fourth-order valence-electron chi connectivity index (χ4n) is 3.53. The Hall–Kier alpha value is -3.51. The molecule has 0 radical (unpaired) electrons. The molecule has 0 aliphatic carbocycles. The van der Waals surface area contributed by atoms with Crippen LogP contribution >= 0.6 is 11.6 Å². The molecular weight excluding hydrogens is 450 g/mol. The van der Waals surface area contributed by atoms with Gasteiger partial charge in [0.2, 0.25) is 5.95 Å². The standard InChI is InChI=1S/C25H26ClN7O/c1-17-19(4-3-18-13-29-25(27)30-14-18)11-21(15-28-17)24(34)31-22-6-5-20(23(26)12-22)16-33-9-7-32(2)8-10-33/h5-6,11-15H,7-10,16H2,1-2H3,(H,31,34)(H2,27,29,30). The molecule has 4 rings (SSSR count). The van der Waals surface area contributed by atoms with Crippen molar-refractivity contribution in [3.8, 4) is 11.8 Å². The molecule has 34 heavy (non-hydrogen) atoms. The number of likely N-dealkylation sites (N-methyl/N-ethyl adjacent to an activating group) is 1. The highest BCUT2D eigenvalue weighted by atomic mass is 35.5. The van der Waals surface area contributed by atoms with Crippen molar-refractivity contribution in [2.75, 3.05) is 44.3 Å². The second-order valence-corrected chi connectivity index (χ2v) is 8.68. The van der Waals surface area contributed by atoms with Gasteiger partial charge in [-0.1, -0.05) is 29.5 Å². The van der Waals surface area contributed by atoms with Crippen molar-refractivity contribution in [3.63, 3.8) is 0 Å². The first-order chi connectivity index (χ1) is 16.4. The van der Waals surface area contributed by atoms with Crippen molar-refractivity contribution in [2.45, 2.75) is 13.5 Å². The van der Waals surface area contributed by atoms with Crippen molar-refractivity contribution < 1.29 is 4.79 Å². The number of hydrogen-bond donors (Lipinski definition) is 2. The highest BCUT2D eigenvalue weighted by molar-refractivity contribution is 6.31. The number of nitrogen functional groups attached to an aromatic ring is 1. The molecule has 1 aliphatic rings. The van der Waals surface area contributed by atoms with Crippen LogP contribution in [0.2, 0.25) is 5.02 Å². The number of carbonyl (C=O) groups excluding carboxylic acids is 1. The van der Waals surface area contributed by atoms with E-state index in [2.05, 4.69) is 49.0 Å². The van der Waals surface area contributed by atoms with Crippen molar-refractivity contribution in [1.82, 2.24) is 24.8 Å². The number of aromatic nitrogens is 3. The average molecular weight is 476 g/mol. The molecule has 174 valence electrons. The first-order valence-corrected chi connectivity index (χ1v) is 11.3. The number of benzene rings is 1. The number of hydrogen-bond acceptors (Lipinski definition) is 7. The Labute approximate surface area is 204 Å². The van der Waals surface area contributed by atoms with Crippen LogP contribution in [0.3, 0.4) is 0 Å². The lowest BCUT2D eigenvalue weighted by Gasteiger charge is -2.32. The Kier molecular flexibility index (Phi) is 7.38. The predicted octanol–water partition coefficient (Wildman–Crippen LogP) is 2.82. The maximum Gasteiger partial charge on any atom is 0.257 e. The van der Waals surface area contributed by atoms with Gasteiger partial charge in [0.15, 0.2) is 0 Å². The molecule has 0 saturated carbocycles. The topological polar surface area (TPSA) is 100 Å². The van der Waals surface area contributed by atoms with Gasteiger partial charge in [-0.05, 0) is 37.7 Å². The minimum Gasteiger partial charge on any atom is -0.368 e. The molecule has 1 amide bonds. The maximum atomic E-state index is 12.8. The van der Waals surface area contributed by atoms with Gasteiger partial charge < -0.3 is 16.0 Å². The van der Waals surface area contributed by atoms with Gasteiger partial charge in [0.1, 0.15) is 0 Å². The molecule has 1 aliphatic heterocycles. The van der Waals surface area contributed by atoms with Gasteiger partial charge in [0, 0.05) is 67.6 Å². The molecule has 3 N–H and O–H groups in total. The number of halogens is 1. The van der Waals surface area contributed by atoms with Crippen molar-refractivity contribution in [2.24, 2.45) is 0 Å². The molecule has 3 heterocycles. The van der Waals surface area contributed by atoms with Crippen molar-refractivity contribution >= 4 is 29.1 Å². The quantitative estimate of drug-likeness (QED) is 0.559. The van der Waals surface area contributed by atoms with Gasteiger partial charge in [-0.25, -0.2) is 9.97 Å². The lowest BCUT2D eigenvalue weighted by atomic mass is 10.1. The number of aryl methyl sites for hydroxylation is 1. The van der Waals surface area contributed by atoms with Crippen LogP contribution in [-0.4, -0.2) is 63.9 Å². The summed E-state index contributed by atoms with van der Waals surface area (Å²) >= 11 is 6.52. The second kappa shape index (κ2) is 10.6. The fourth-order valence-corrected chi connectivity index (χ4v) is 3.77. The number of pyridine rings is 1. The molecule has 1 fully saturated rings. The number of rotatable bonds is 4. The summed E-state index contributed by atoms with van der Waals surface area (Å²) in [6, 6.07) is 7.34. The summed E-state index contributed by atoms with van der Waals surface area (Å²) in [5.74, 6) is 5.90. The summed E-state index contributed by atoms with van der Waals surface area (Å²) in [4.78, 5) is 29.7. The number of piperazine rings is 1. The molecule has 9 heteroatoms. The Bertz CT molecular complexity index is 1240. The molecular formula is C25H26ClN7O. The zero-order chi connectivity index (χ0) is 24.1. The third-order valence-corrected chi connectivity index (χ3v) is 6.02. The van der Waals surface area contributed by atoms with Gasteiger partial charge in [-0.2, -0.15) is 0 Å². The molecule has 0 spiro atoms. The van der Waals surface area contributed by atoms with Gasteiger partial charge in [0.25, 0.3) is 5.91 Å². The predicted molar refractivity (Wildman–Crippen MR) is 134 cm³/mol. The molecule has 3 aromatic rings. The zero-order valence-corrected chi connectivity index (χ0v) is 19.9. The van der Waals surface area contributed by atoms with Crippen LogP contribution in [0.4, 0.5) is 11.6 Å². The highest BCUT2D eigenvalue weighted by Crippen LogP contribution is 2.23. The van der Waals surface area contributed by atoms with E-state index >= 15 is 0 Å². The van der Waals surface area contributed by atoms with E-state index in [0.717, 1.165) is 44.0 Å². The van der Waals surface area contributed by atoms with E-state index in [1.54, 1.807) is 24.5 Å². The minimum absolute atomic E-state index is 0.189. The van der Waals surface area contributed by atoms with Crippen molar-refractivity contribution in [3.05, 3.63) is 75.8 Å². The van der Waals surface area contributed by atoms with Crippen LogP contribution < -0.4 is 11.1 Å². The van der Waals surface area contributed by atoms with E-state index in [4.69, 9.17) is 17.3 Å². The highest BCUT2D eigenvalue weighted by Gasteiger charge is 2.16. The SMILES string of the molecule is Cc1ncc(C(=O)Nc2ccc(CN3CCN(C)CC3)c(Cl)c2)cc1C#Cc1cnc(N)nc1. The third kappa shape index (κ3) is 6.08. The first-order valence-electron chi connectivity index (χ1n) is 10.9.